The number of aromatic nitrogens is 2. The molecule has 4 nitrogen and oxygen atoms in total. The van der Waals surface area contributed by atoms with Crippen LogP contribution in [0.3, 0.4) is 0 Å². The molecule has 2 rings (SSSR count). The molecule has 0 unspecified atom stereocenters. The third kappa shape index (κ3) is 1.57. The smallest absolute Gasteiger partial charge is 0.315 e. The second kappa shape index (κ2) is 2.77. The number of rotatable bonds is 3. The Morgan fingerprint density at radius 1 is 1.42 bits per heavy atom. The maximum Gasteiger partial charge on any atom is 0.315 e. The van der Waals surface area contributed by atoms with E-state index in [1.807, 2.05) is 13.8 Å². The van der Waals surface area contributed by atoms with Crippen molar-refractivity contribution in [3.05, 3.63) is 5.89 Å². The Kier molecular flexibility index (Phi) is 1.75. The summed E-state index contributed by atoms with van der Waals surface area (Å²) in [7, 11) is 0. The summed E-state index contributed by atoms with van der Waals surface area (Å²) in [5, 5.41) is 11.0. The molecule has 1 aliphatic rings. The summed E-state index contributed by atoms with van der Waals surface area (Å²) < 4.78 is 5.36. The number of nitrogens with zero attached hydrogens (tertiary/aromatic N) is 2. The number of anilines is 1. The Bertz CT molecular complexity index is 265. The molecule has 0 bridgehead atoms. The summed E-state index contributed by atoms with van der Waals surface area (Å²) >= 11 is 0. The van der Waals surface area contributed by atoms with Gasteiger partial charge in [0.15, 0.2) is 0 Å². The number of hydrogen-bond acceptors (Lipinski definition) is 4. The van der Waals surface area contributed by atoms with Gasteiger partial charge in [-0.15, -0.1) is 5.10 Å². The maximum absolute atomic E-state index is 5.36. The SMILES string of the molecule is CC(C)c1nnc(NC2CC2)o1. The Balaban J connectivity index is 2.02. The van der Waals surface area contributed by atoms with E-state index in [0.29, 0.717) is 23.9 Å². The predicted molar refractivity (Wildman–Crippen MR) is 45.0 cm³/mol. The summed E-state index contributed by atoms with van der Waals surface area (Å²) in [6.07, 6.45) is 2.44. The highest BCUT2D eigenvalue weighted by Gasteiger charge is 2.23. The minimum absolute atomic E-state index is 0.312. The molecule has 12 heavy (non-hydrogen) atoms. The summed E-state index contributed by atoms with van der Waals surface area (Å²) in [6.45, 7) is 4.07. The first-order chi connectivity index (χ1) is 5.75. The lowest BCUT2D eigenvalue weighted by molar-refractivity contribution is 0.480. The summed E-state index contributed by atoms with van der Waals surface area (Å²) in [5.41, 5.74) is 0. The Labute approximate surface area is 71.4 Å². The van der Waals surface area contributed by atoms with Gasteiger partial charge in [-0.3, -0.25) is 0 Å². The lowest BCUT2D eigenvalue weighted by Gasteiger charge is -1.96. The van der Waals surface area contributed by atoms with Crippen LogP contribution in [0.1, 0.15) is 38.5 Å². The van der Waals surface area contributed by atoms with Crippen molar-refractivity contribution >= 4 is 6.01 Å². The van der Waals surface area contributed by atoms with E-state index < -0.39 is 0 Å². The molecule has 1 aliphatic carbocycles. The topological polar surface area (TPSA) is 51.0 Å². The Morgan fingerprint density at radius 2 is 2.17 bits per heavy atom. The average Bonchev–Trinajstić information content (AvgIpc) is 2.66. The molecule has 1 saturated carbocycles. The molecular weight excluding hydrogens is 154 g/mol. The van der Waals surface area contributed by atoms with Gasteiger partial charge in [0.05, 0.1) is 0 Å². The van der Waals surface area contributed by atoms with Gasteiger partial charge in [0, 0.05) is 12.0 Å². The van der Waals surface area contributed by atoms with Crippen LogP contribution in [0, 0.1) is 0 Å². The highest BCUT2D eigenvalue weighted by atomic mass is 16.4. The molecule has 1 aromatic rings. The normalized spacial score (nSPS) is 16.9. The van der Waals surface area contributed by atoms with Gasteiger partial charge in [-0.05, 0) is 12.8 Å². The molecule has 0 aromatic carbocycles. The summed E-state index contributed by atoms with van der Waals surface area (Å²) in [5.74, 6) is 1.02. The molecule has 0 radical (unpaired) electrons. The van der Waals surface area contributed by atoms with Gasteiger partial charge in [-0.2, -0.15) is 0 Å². The fourth-order valence-electron chi connectivity index (χ4n) is 0.929. The largest absolute Gasteiger partial charge is 0.408 e. The van der Waals surface area contributed by atoms with E-state index in [9.17, 15) is 0 Å². The van der Waals surface area contributed by atoms with Crippen molar-refractivity contribution in [2.75, 3.05) is 5.32 Å². The van der Waals surface area contributed by atoms with Gasteiger partial charge in [0.2, 0.25) is 5.89 Å². The van der Waals surface area contributed by atoms with E-state index >= 15 is 0 Å². The van der Waals surface area contributed by atoms with Gasteiger partial charge in [0.1, 0.15) is 0 Å². The molecular formula is C8H13N3O. The van der Waals surface area contributed by atoms with Crippen LogP contribution < -0.4 is 5.32 Å². The van der Waals surface area contributed by atoms with Gasteiger partial charge >= 0.3 is 6.01 Å². The molecule has 0 saturated heterocycles. The first kappa shape index (κ1) is 7.58. The number of nitrogens with one attached hydrogen (secondary N) is 1. The van der Waals surface area contributed by atoms with Crippen molar-refractivity contribution in [1.82, 2.24) is 10.2 Å². The Hall–Kier alpha value is -1.06. The first-order valence-electron chi connectivity index (χ1n) is 4.35. The van der Waals surface area contributed by atoms with Crippen LogP contribution >= 0.6 is 0 Å². The molecule has 1 N–H and O–H groups in total. The van der Waals surface area contributed by atoms with Crippen molar-refractivity contribution in [2.24, 2.45) is 0 Å². The molecule has 0 amide bonds. The molecule has 0 aliphatic heterocycles. The van der Waals surface area contributed by atoms with Crippen molar-refractivity contribution < 1.29 is 4.42 Å². The van der Waals surface area contributed by atoms with Crippen LogP contribution in [0.25, 0.3) is 0 Å². The fourth-order valence-corrected chi connectivity index (χ4v) is 0.929. The molecule has 1 fully saturated rings. The monoisotopic (exact) mass is 167 g/mol. The van der Waals surface area contributed by atoms with Crippen LogP contribution in [-0.2, 0) is 0 Å². The maximum atomic E-state index is 5.36. The lowest BCUT2D eigenvalue weighted by Crippen LogP contribution is -2.00. The van der Waals surface area contributed by atoms with Gasteiger partial charge < -0.3 is 9.73 Å². The van der Waals surface area contributed by atoms with Crippen molar-refractivity contribution in [3.63, 3.8) is 0 Å². The van der Waals surface area contributed by atoms with Crippen LogP contribution in [0.2, 0.25) is 0 Å². The Morgan fingerprint density at radius 3 is 2.67 bits per heavy atom. The molecule has 1 heterocycles. The summed E-state index contributed by atoms with van der Waals surface area (Å²) in [6, 6.07) is 1.15. The van der Waals surface area contributed by atoms with E-state index in [1.165, 1.54) is 12.8 Å². The van der Waals surface area contributed by atoms with Crippen molar-refractivity contribution in [1.29, 1.82) is 0 Å². The van der Waals surface area contributed by atoms with Gasteiger partial charge in [-0.25, -0.2) is 0 Å². The predicted octanol–water partition coefficient (Wildman–Crippen LogP) is 1.77. The van der Waals surface area contributed by atoms with Crippen molar-refractivity contribution in [3.8, 4) is 0 Å². The highest BCUT2D eigenvalue weighted by Crippen LogP contribution is 2.24. The van der Waals surface area contributed by atoms with E-state index in [4.69, 9.17) is 4.42 Å². The molecule has 4 heteroatoms. The van der Waals surface area contributed by atoms with Gasteiger partial charge in [0.25, 0.3) is 0 Å². The van der Waals surface area contributed by atoms with Crippen LogP contribution in [0.4, 0.5) is 6.01 Å². The quantitative estimate of drug-likeness (QED) is 0.745. The third-order valence-electron chi connectivity index (χ3n) is 1.84. The molecule has 1 aromatic heterocycles. The zero-order chi connectivity index (χ0) is 8.55. The zero-order valence-electron chi connectivity index (χ0n) is 7.37. The first-order valence-corrected chi connectivity index (χ1v) is 4.35. The summed E-state index contributed by atoms with van der Waals surface area (Å²) in [4.78, 5) is 0. The highest BCUT2D eigenvalue weighted by molar-refractivity contribution is 5.22. The average molecular weight is 167 g/mol. The second-order valence-electron chi connectivity index (χ2n) is 3.52. The van der Waals surface area contributed by atoms with Crippen LogP contribution in [0.5, 0.6) is 0 Å². The van der Waals surface area contributed by atoms with E-state index in [2.05, 4.69) is 15.5 Å². The second-order valence-corrected chi connectivity index (χ2v) is 3.52. The molecule has 0 atom stereocenters. The fraction of sp³-hybridized carbons (Fsp3) is 0.750. The molecule has 0 spiro atoms. The van der Waals surface area contributed by atoms with E-state index in [1.54, 1.807) is 0 Å². The van der Waals surface area contributed by atoms with E-state index in [-0.39, 0.29) is 0 Å². The van der Waals surface area contributed by atoms with E-state index in [0.717, 1.165) is 0 Å². The standard InChI is InChI=1S/C8H13N3O/c1-5(2)7-10-11-8(12-7)9-6-3-4-6/h5-6H,3-4H2,1-2H3,(H,9,11). The van der Waals surface area contributed by atoms with Crippen LogP contribution in [-0.4, -0.2) is 16.2 Å². The number of hydrogen-bond donors (Lipinski definition) is 1. The lowest BCUT2D eigenvalue weighted by atomic mass is 10.2. The molecule has 66 valence electrons. The van der Waals surface area contributed by atoms with Crippen LogP contribution in [0.15, 0.2) is 4.42 Å². The van der Waals surface area contributed by atoms with Crippen molar-refractivity contribution in [2.45, 2.75) is 38.6 Å². The zero-order valence-corrected chi connectivity index (χ0v) is 7.37. The third-order valence-corrected chi connectivity index (χ3v) is 1.84. The minimum Gasteiger partial charge on any atom is -0.408 e. The minimum atomic E-state index is 0.312. The van der Waals surface area contributed by atoms with Gasteiger partial charge in [-0.1, -0.05) is 18.9 Å².